The molecule has 0 atom stereocenters. The second kappa shape index (κ2) is 5.79. The van der Waals surface area contributed by atoms with Gasteiger partial charge >= 0.3 is 0 Å². The van der Waals surface area contributed by atoms with Gasteiger partial charge in [-0.25, -0.2) is 0 Å². The maximum atomic E-state index is 5.87. The molecule has 0 saturated heterocycles. The summed E-state index contributed by atoms with van der Waals surface area (Å²) in [7, 11) is 0. The van der Waals surface area contributed by atoms with Gasteiger partial charge in [-0.3, -0.25) is 4.98 Å². The van der Waals surface area contributed by atoms with E-state index < -0.39 is 0 Å². The molecular formula is C15H16N2O3. The van der Waals surface area contributed by atoms with Crippen LogP contribution >= 0.6 is 0 Å². The minimum atomic E-state index is 0.253. The fourth-order valence-electron chi connectivity index (χ4n) is 2.10. The smallest absolute Gasteiger partial charge is 0.231 e. The molecule has 0 radical (unpaired) electrons. The van der Waals surface area contributed by atoms with E-state index >= 15 is 0 Å². The predicted molar refractivity (Wildman–Crippen MR) is 73.9 cm³/mol. The van der Waals surface area contributed by atoms with Crippen LogP contribution in [0.1, 0.15) is 11.1 Å². The van der Waals surface area contributed by atoms with Crippen molar-refractivity contribution >= 4 is 0 Å². The highest BCUT2D eigenvalue weighted by molar-refractivity contribution is 5.52. The van der Waals surface area contributed by atoms with E-state index in [1.54, 1.807) is 12.4 Å². The minimum absolute atomic E-state index is 0.253. The van der Waals surface area contributed by atoms with Crippen LogP contribution in [0, 0.1) is 0 Å². The molecule has 5 heteroatoms. The SMILES string of the molecule is NCCc1cc2c(cc1OCc1cccnc1)OCO2. The number of fused-ring (bicyclic) bond motifs is 1. The van der Waals surface area contributed by atoms with Crippen molar-refractivity contribution in [1.82, 2.24) is 4.98 Å². The number of pyridine rings is 1. The van der Waals surface area contributed by atoms with E-state index in [9.17, 15) is 0 Å². The van der Waals surface area contributed by atoms with Crippen LogP contribution in [0.15, 0.2) is 36.7 Å². The first kappa shape index (κ1) is 12.7. The minimum Gasteiger partial charge on any atom is -0.488 e. The van der Waals surface area contributed by atoms with Gasteiger partial charge in [-0.05, 0) is 30.7 Å². The van der Waals surface area contributed by atoms with Crippen molar-refractivity contribution in [2.45, 2.75) is 13.0 Å². The Balaban J connectivity index is 1.80. The molecule has 3 rings (SSSR count). The molecule has 20 heavy (non-hydrogen) atoms. The molecule has 0 saturated carbocycles. The van der Waals surface area contributed by atoms with Gasteiger partial charge in [-0.1, -0.05) is 6.07 Å². The van der Waals surface area contributed by atoms with E-state index in [4.69, 9.17) is 19.9 Å². The first-order chi connectivity index (χ1) is 9.86. The highest BCUT2D eigenvalue weighted by Crippen LogP contribution is 2.38. The lowest BCUT2D eigenvalue weighted by atomic mass is 10.1. The Kier molecular flexibility index (Phi) is 3.69. The third kappa shape index (κ3) is 2.67. The molecule has 0 unspecified atom stereocenters. The van der Waals surface area contributed by atoms with Crippen LogP contribution in [-0.2, 0) is 13.0 Å². The van der Waals surface area contributed by atoms with Crippen molar-refractivity contribution in [3.8, 4) is 17.2 Å². The molecule has 1 aliphatic heterocycles. The van der Waals surface area contributed by atoms with Gasteiger partial charge in [0.2, 0.25) is 6.79 Å². The number of nitrogens with two attached hydrogens (primary N) is 1. The molecule has 0 amide bonds. The summed E-state index contributed by atoms with van der Waals surface area (Å²) >= 11 is 0. The van der Waals surface area contributed by atoms with Crippen LogP contribution < -0.4 is 19.9 Å². The van der Waals surface area contributed by atoms with Gasteiger partial charge in [0.25, 0.3) is 0 Å². The van der Waals surface area contributed by atoms with Crippen LogP contribution in [0.4, 0.5) is 0 Å². The maximum Gasteiger partial charge on any atom is 0.231 e. The molecule has 0 aliphatic carbocycles. The molecule has 104 valence electrons. The lowest BCUT2D eigenvalue weighted by molar-refractivity contribution is 0.173. The molecule has 2 heterocycles. The summed E-state index contributed by atoms with van der Waals surface area (Å²) in [4.78, 5) is 4.07. The molecule has 1 aromatic heterocycles. The van der Waals surface area contributed by atoms with Gasteiger partial charge in [0, 0.05) is 24.0 Å². The van der Waals surface area contributed by atoms with Crippen LogP contribution in [-0.4, -0.2) is 18.3 Å². The Hall–Kier alpha value is -2.27. The van der Waals surface area contributed by atoms with Crippen molar-refractivity contribution in [2.24, 2.45) is 5.73 Å². The van der Waals surface area contributed by atoms with Gasteiger partial charge in [0.1, 0.15) is 12.4 Å². The number of nitrogens with zero attached hydrogens (tertiary/aromatic N) is 1. The largest absolute Gasteiger partial charge is 0.488 e. The fourth-order valence-corrected chi connectivity index (χ4v) is 2.10. The Morgan fingerprint density at radius 3 is 2.85 bits per heavy atom. The van der Waals surface area contributed by atoms with Crippen LogP contribution in [0.5, 0.6) is 17.2 Å². The van der Waals surface area contributed by atoms with E-state index in [0.717, 1.165) is 29.0 Å². The number of rotatable bonds is 5. The quantitative estimate of drug-likeness (QED) is 0.900. The zero-order chi connectivity index (χ0) is 13.8. The number of ether oxygens (including phenoxy) is 3. The average molecular weight is 272 g/mol. The van der Waals surface area contributed by atoms with Crippen LogP contribution in [0.25, 0.3) is 0 Å². The normalized spacial score (nSPS) is 12.4. The Morgan fingerprint density at radius 2 is 2.10 bits per heavy atom. The molecular weight excluding hydrogens is 256 g/mol. The number of aromatic nitrogens is 1. The summed E-state index contributed by atoms with van der Waals surface area (Å²) in [5.41, 5.74) is 7.69. The van der Waals surface area contributed by atoms with Crippen molar-refractivity contribution < 1.29 is 14.2 Å². The van der Waals surface area contributed by atoms with Crippen molar-refractivity contribution in [3.63, 3.8) is 0 Å². The second-order valence-electron chi connectivity index (χ2n) is 4.50. The van der Waals surface area contributed by atoms with Crippen molar-refractivity contribution in [3.05, 3.63) is 47.8 Å². The van der Waals surface area contributed by atoms with Crippen LogP contribution in [0.2, 0.25) is 0 Å². The third-order valence-corrected chi connectivity index (χ3v) is 3.09. The number of hydrogen-bond acceptors (Lipinski definition) is 5. The predicted octanol–water partition coefficient (Wildman–Crippen LogP) is 1.89. The standard InChI is InChI=1S/C15H16N2O3/c16-4-3-12-6-14-15(20-10-19-14)7-13(12)18-9-11-2-1-5-17-8-11/h1-2,5-8H,3-4,9-10,16H2. The first-order valence-corrected chi connectivity index (χ1v) is 6.51. The molecule has 0 fully saturated rings. The Bertz CT molecular complexity index is 587. The zero-order valence-corrected chi connectivity index (χ0v) is 11.0. The summed E-state index contributed by atoms with van der Waals surface area (Å²) < 4.78 is 16.6. The highest BCUT2D eigenvalue weighted by atomic mass is 16.7. The van der Waals surface area contributed by atoms with Gasteiger partial charge in [-0.15, -0.1) is 0 Å². The Labute approximate surface area is 117 Å². The number of hydrogen-bond donors (Lipinski definition) is 1. The van der Waals surface area contributed by atoms with Gasteiger partial charge in [0.05, 0.1) is 0 Å². The van der Waals surface area contributed by atoms with Crippen molar-refractivity contribution in [1.29, 1.82) is 0 Å². The average Bonchev–Trinajstić information content (AvgIpc) is 2.93. The maximum absolute atomic E-state index is 5.87. The fraction of sp³-hybridized carbons (Fsp3) is 0.267. The number of benzene rings is 1. The summed E-state index contributed by atoms with van der Waals surface area (Å²) in [6.07, 6.45) is 4.26. The third-order valence-electron chi connectivity index (χ3n) is 3.09. The van der Waals surface area contributed by atoms with E-state index in [0.29, 0.717) is 18.9 Å². The summed E-state index contributed by atoms with van der Waals surface area (Å²) in [5.74, 6) is 2.25. The van der Waals surface area contributed by atoms with Crippen molar-refractivity contribution in [2.75, 3.05) is 13.3 Å². The zero-order valence-electron chi connectivity index (χ0n) is 11.0. The van der Waals surface area contributed by atoms with Crippen LogP contribution in [0.3, 0.4) is 0 Å². The lowest BCUT2D eigenvalue weighted by Gasteiger charge is -2.12. The summed E-state index contributed by atoms with van der Waals surface area (Å²) in [6, 6.07) is 7.67. The van der Waals surface area contributed by atoms with E-state index in [1.807, 2.05) is 24.3 Å². The van der Waals surface area contributed by atoms with Gasteiger partial charge in [0.15, 0.2) is 11.5 Å². The second-order valence-corrected chi connectivity index (χ2v) is 4.50. The molecule has 1 aliphatic rings. The molecule has 0 bridgehead atoms. The molecule has 2 aromatic rings. The molecule has 5 nitrogen and oxygen atoms in total. The van der Waals surface area contributed by atoms with Gasteiger partial charge in [-0.2, -0.15) is 0 Å². The summed E-state index contributed by atoms with van der Waals surface area (Å²) in [6.45, 7) is 1.28. The van der Waals surface area contributed by atoms with E-state index in [-0.39, 0.29) is 6.79 Å². The summed E-state index contributed by atoms with van der Waals surface area (Å²) in [5, 5.41) is 0. The van der Waals surface area contributed by atoms with Gasteiger partial charge < -0.3 is 19.9 Å². The van der Waals surface area contributed by atoms with E-state index in [2.05, 4.69) is 4.98 Å². The topological polar surface area (TPSA) is 66.6 Å². The van der Waals surface area contributed by atoms with E-state index in [1.165, 1.54) is 0 Å². The Morgan fingerprint density at radius 1 is 1.25 bits per heavy atom. The molecule has 0 spiro atoms. The monoisotopic (exact) mass is 272 g/mol. The molecule has 2 N–H and O–H groups in total. The lowest BCUT2D eigenvalue weighted by Crippen LogP contribution is -2.05. The first-order valence-electron chi connectivity index (χ1n) is 6.51. The highest BCUT2D eigenvalue weighted by Gasteiger charge is 2.17. The molecule has 1 aromatic carbocycles.